The van der Waals surface area contributed by atoms with Crippen molar-refractivity contribution in [3.63, 3.8) is 0 Å². The summed E-state index contributed by atoms with van der Waals surface area (Å²) in [7, 11) is -3.65. The highest BCUT2D eigenvalue weighted by Gasteiger charge is 2.52. The molecule has 7 heteroatoms. The second kappa shape index (κ2) is 5.58. The lowest BCUT2D eigenvalue weighted by Gasteiger charge is -2.34. The van der Waals surface area contributed by atoms with Gasteiger partial charge in [-0.3, -0.25) is 4.79 Å². The molecule has 0 unspecified atom stereocenters. The average molecular weight is 339 g/mol. The minimum absolute atomic E-state index is 0.156. The van der Waals surface area contributed by atoms with Gasteiger partial charge in [0, 0.05) is 13.1 Å². The van der Waals surface area contributed by atoms with Gasteiger partial charge < -0.3 is 9.84 Å². The number of hydrogen-bond acceptors (Lipinski definition) is 4. The highest BCUT2D eigenvalue weighted by molar-refractivity contribution is 7.89. The number of carboxylic acids is 1. The molecule has 0 aromatic heterocycles. The van der Waals surface area contributed by atoms with Gasteiger partial charge in [0.15, 0.2) is 0 Å². The molecule has 1 aromatic carbocycles. The number of nitrogens with zero attached hydrogens (tertiary/aromatic N) is 1. The first-order valence-corrected chi connectivity index (χ1v) is 9.19. The molecule has 1 aliphatic carbocycles. The molecule has 0 amide bonds. The van der Waals surface area contributed by atoms with E-state index in [0.29, 0.717) is 31.5 Å². The minimum atomic E-state index is -3.65. The van der Waals surface area contributed by atoms with Crippen molar-refractivity contribution in [3.8, 4) is 0 Å². The quantitative estimate of drug-likeness (QED) is 0.901. The Balaban J connectivity index is 1.93. The maximum atomic E-state index is 12.9. The topological polar surface area (TPSA) is 83.9 Å². The van der Waals surface area contributed by atoms with Gasteiger partial charge in [0.25, 0.3) is 0 Å². The molecule has 0 radical (unpaired) electrons. The van der Waals surface area contributed by atoms with Crippen LogP contribution in [0.2, 0.25) is 0 Å². The summed E-state index contributed by atoms with van der Waals surface area (Å²) in [5.41, 5.74) is -0.336. The molecule has 0 bridgehead atoms. The average Bonchev–Trinajstić information content (AvgIpc) is 3.28. The first-order chi connectivity index (χ1) is 10.8. The predicted molar refractivity (Wildman–Crippen MR) is 83.8 cm³/mol. The van der Waals surface area contributed by atoms with Crippen LogP contribution in [0.5, 0.6) is 0 Å². The molecule has 23 heavy (non-hydrogen) atoms. The van der Waals surface area contributed by atoms with Crippen LogP contribution in [0.1, 0.15) is 32.3 Å². The molecular formula is C16H21NO5S. The van der Waals surface area contributed by atoms with Crippen molar-refractivity contribution in [2.45, 2.75) is 49.2 Å². The summed E-state index contributed by atoms with van der Waals surface area (Å²) in [6, 6.07) is 6.37. The van der Waals surface area contributed by atoms with Crippen LogP contribution in [0.15, 0.2) is 29.2 Å². The number of hydrogen-bond donors (Lipinski definition) is 1. The number of carboxylic acid groups (broad SMARTS) is 1. The number of benzene rings is 1. The second-order valence-electron chi connectivity index (χ2n) is 6.49. The van der Waals surface area contributed by atoms with Crippen LogP contribution < -0.4 is 0 Å². The Morgan fingerprint density at radius 2 is 1.87 bits per heavy atom. The number of rotatable bonds is 4. The maximum Gasteiger partial charge on any atom is 0.314 e. The number of aliphatic carboxylic acids is 1. The summed E-state index contributed by atoms with van der Waals surface area (Å²) in [6.07, 6.45) is 0.783. The van der Waals surface area contributed by atoms with Crippen molar-refractivity contribution in [1.29, 1.82) is 0 Å². The van der Waals surface area contributed by atoms with E-state index in [4.69, 9.17) is 4.74 Å². The monoisotopic (exact) mass is 339 g/mol. The van der Waals surface area contributed by atoms with E-state index in [0.717, 1.165) is 0 Å². The zero-order valence-corrected chi connectivity index (χ0v) is 14.0. The summed E-state index contributed by atoms with van der Waals surface area (Å²) in [4.78, 5) is 11.6. The van der Waals surface area contributed by atoms with Gasteiger partial charge in [0.1, 0.15) is 0 Å². The fourth-order valence-electron chi connectivity index (χ4n) is 3.18. The maximum absolute atomic E-state index is 12.9. The van der Waals surface area contributed by atoms with Crippen LogP contribution in [0.25, 0.3) is 0 Å². The fraction of sp³-hybridized carbons (Fsp3) is 0.562. The summed E-state index contributed by atoms with van der Waals surface area (Å²) in [5, 5.41) is 9.39. The molecule has 3 rings (SSSR count). The molecule has 2 fully saturated rings. The lowest BCUT2D eigenvalue weighted by molar-refractivity contribution is -0.140. The molecule has 2 aliphatic rings. The van der Waals surface area contributed by atoms with Crippen molar-refractivity contribution in [3.05, 3.63) is 29.8 Å². The SMILES string of the molecule is C[C@H]1CN(S(=O)(=O)c2cccc(C3(C(=O)O)CC3)c2)C[C@H](C)O1. The van der Waals surface area contributed by atoms with Crippen molar-refractivity contribution in [2.24, 2.45) is 0 Å². The Morgan fingerprint density at radius 3 is 2.39 bits per heavy atom. The van der Waals surface area contributed by atoms with E-state index in [1.54, 1.807) is 12.1 Å². The van der Waals surface area contributed by atoms with Gasteiger partial charge in [-0.05, 0) is 44.4 Å². The smallest absolute Gasteiger partial charge is 0.314 e. The number of sulfonamides is 1. The first-order valence-electron chi connectivity index (χ1n) is 7.75. The van der Waals surface area contributed by atoms with Gasteiger partial charge in [-0.1, -0.05) is 12.1 Å². The van der Waals surface area contributed by atoms with Crippen LogP contribution in [0.4, 0.5) is 0 Å². The predicted octanol–water partition coefficient (Wildman–Crippen LogP) is 1.60. The second-order valence-corrected chi connectivity index (χ2v) is 8.43. The van der Waals surface area contributed by atoms with Crippen molar-refractivity contribution in [1.82, 2.24) is 4.31 Å². The first kappa shape index (κ1) is 16.4. The molecule has 126 valence electrons. The number of carbonyl (C=O) groups is 1. The van der Waals surface area contributed by atoms with E-state index in [9.17, 15) is 18.3 Å². The molecule has 2 atom stereocenters. The standard InChI is InChI=1S/C16H21NO5S/c1-11-9-17(10-12(2)22-11)23(20,21)14-5-3-4-13(8-14)16(6-7-16)15(18)19/h3-5,8,11-12H,6-7,9-10H2,1-2H3,(H,18,19)/t11-,12-/m0/s1. The number of morpholine rings is 1. The van der Waals surface area contributed by atoms with Gasteiger partial charge in [-0.15, -0.1) is 0 Å². The van der Waals surface area contributed by atoms with Gasteiger partial charge in [0.2, 0.25) is 10.0 Å². The van der Waals surface area contributed by atoms with Crippen molar-refractivity contribution < 1.29 is 23.1 Å². The van der Waals surface area contributed by atoms with Crippen molar-refractivity contribution in [2.75, 3.05) is 13.1 Å². The van der Waals surface area contributed by atoms with Crippen LogP contribution in [-0.2, 0) is 25.0 Å². The summed E-state index contributed by atoms with van der Waals surface area (Å²) >= 11 is 0. The Bertz CT molecular complexity index is 716. The minimum Gasteiger partial charge on any atom is -0.481 e. The molecule has 1 N–H and O–H groups in total. The van der Waals surface area contributed by atoms with Crippen LogP contribution in [0, 0.1) is 0 Å². The highest BCUT2D eigenvalue weighted by Crippen LogP contribution is 2.48. The normalized spacial score (nSPS) is 27.6. The van der Waals surface area contributed by atoms with E-state index in [-0.39, 0.29) is 17.1 Å². The van der Waals surface area contributed by atoms with Gasteiger partial charge >= 0.3 is 5.97 Å². The Hall–Kier alpha value is -1.44. The van der Waals surface area contributed by atoms with Gasteiger partial charge in [-0.25, -0.2) is 8.42 Å². The Morgan fingerprint density at radius 1 is 1.26 bits per heavy atom. The summed E-state index contributed by atoms with van der Waals surface area (Å²) in [6.45, 7) is 4.30. The fourth-order valence-corrected chi connectivity index (χ4v) is 4.82. The van der Waals surface area contributed by atoms with E-state index >= 15 is 0 Å². The van der Waals surface area contributed by atoms with Gasteiger partial charge in [0.05, 0.1) is 22.5 Å². The lowest BCUT2D eigenvalue weighted by atomic mass is 9.96. The van der Waals surface area contributed by atoms with Crippen LogP contribution in [-0.4, -0.2) is 49.1 Å². The van der Waals surface area contributed by atoms with E-state index in [1.807, 2.05) is 13.8 Å². The summed E-state index contributed by atoms with van der Waals surface area (Å²) in [5.74, 6) is -0.888. The van der Waals surface area contributed by atoms with E-state index < -0.39 is 21.4 Å². The van der Waals surface area contributed by atoms with E-state index in [1.165, 1.54) is 16.4 Å². The number of ether oxygens (including phenoxy) is 1. The Kier molecular flexibility index (Phi) is 3.98. The van der Waals surface area contributed by atoms with Crippen LogP contribution in [0.3, 0.4) is 0 Å². The third-order valence-corrected chi connectivity index (χ3v) is 6.40. The molecule has 1 heterocycles. The largest absolute Gasteiger partial charge is 0.481 e. The molecule has 1 saturated heterocycles. The zero-order chi connectivity index (χ0) is 16.8. The Labute approximate surface area is 136 Å². The third kappa shape index (κ3) is 2.88. The van der Waals surface area contributed by atoms with Crippen molar-refractivity contribution >= 4 is 16.0 Å². The molecule has 1 aromatic rings. The zero-order valence-electron chi connectivity index (χ0n) is 13.2. The molecule has 1 saturated carbocycles. The molecule has 6 nitrogen and oxygen atoms in total. The van der Waals surface area contributed by atoms with E-state index in [2.05, 4.69) is 0 Å². The molecule has 1 aliphatic heterocycles. The third-order valence-electron chi connectivity index (χ3n) is 4.57. The molecular weight excluding hydrogens is 318 g/mol. The van der Waals surface area contributed by atoms with Gasteiger partial charge in [-0.2, -0.15) is 4.31 Å². The molecule has 0 spiro atoms. The lowest BCUT2D eigenvalue weighted by Crippen LogP contribution is -2.48. The van der Waals surface area contributed by atoms with Crippen LogP contribution >= 0.6 is 0 Å². The summed E-state index contributed by atoms with van der Waals surface area (Å²) < 4.78 is 32.7. The highest BCUT2D eigenvalue weighted by atomic mass is 32.2.